The van der Waals surface area contributed by atoms with Gasteiger partial charge in [-0.05, 0) is 18.2 Å². The van der Waals surface area contributed by atoms with E-state index in [2.05, 4.69) is 15.9 Å². The molecule has 0 radical (unpaired) electrons. The fraction of sp³-hybridized carbons (Fsp3) is 0.100. The Hall–Kier alpha value is -0.580. The minimum atomic E-state index is -0.931. The molecule has 2 aromatic rings. The molecule has 0 aliphatic rings. The zero-order chi connectivity index (χ0) is 11.0. The van der Waals surface area contributed by atoms with Crippen molar-refractivity contribution in [2.45, 2.75) is 5.33 Å². The fourth-order valence-corrected chi connectivity index (χ4v) is 3.44. The molecular weight excluding hydrogens is 300 g/mol. The second-order valence-electron chi connectivity index (χ2n) is 2.99. The minimum absolute atomic E-state index is 0.267. The monoisotopic (exact) mass is 304 g/mol. The number of carbonyl (C=O) groups is 1. The molecule has 2 nitrogen and oxygen atoms in total. The van der Waals surface area contributed by atoms with Gasteiger partial charge in [0.05, 0.1) is 10.6 Å². The molecule has 0 aliphatic carbocycles. The molecule has 15 heavy (non-hydrogen) atoms. The first-order valence-electron chi connectivity index (χ1n) is 4.13. The molecular formula is C10H6BrClO2S. The maximum Gasteiger partial charge on any atom is 0.335 e. The Labute approximate surface area is 104 Å². The van der Waals surface area contributed by atoms with Crippen LogP contribution in [0.4, 0.5) is 0 Å². The first kappa shape index (κ1) is 10.9. The summed E-state index contributed by atoms with van der Waals surface area (Å²) < 4.78 is 1.01. The molecule has 1 aromatic heterocycles. The number of fused-ring (bicyclic) bond motifs is 1. The van der Waals surface area contributed by atoms with E-state index in [-0.39, 0.29) is 5.56 Å². The zero-order valence-electron chi connectivity index (χ0n) is 7.46. The van der Waals surface area contributed by atoms with Gasteiger partial charge in [0.1, 0.15) is 0 Å². The predicted molar refractivity (Wildman–Crippen MR) is 66.4 cm³/mol. The van der Waals surface area contributed by atoms with Gasteiger partial charge in [-0.1, -0.05) is 27.5 Å². The topological polar surface area (TPSA) is 37.3 Å². The standard InChI is InChI=1S/C10H6BrClO2S/c11-4-8-9(12)6-3-5(10(13)14)1-2-7(6)15-8/h1-3H,4H2,(H,13,14). The number of benzene rings is 1. The van der Waals surface area contributed by atoms with Crippen molar-refractivity contribution in [1.29, 1.82) is 0 Å². The molecule has 5 heteroatoms. The van der Waals surface area contributed by atoms with E-state index in [1.807, 2.05) is 0 Å². The number of hydrogen-bond acceptors (Lipinski definition) is 2. The van der Waals surface area contributed by atoms with Crippen molar-refractivity contribution in [3.05, 3.63) is 33.7 Å². The second kappa shape index (κ2) is 4.12. The van der Waals surface area contributed by atoms with Gasteiger partial charge in [0.2, 0.25) is 0 Å². The van der Waals surface area contributed by atoms with Crippen molar-refractivity contribution in [2.75, 3.05) is 0 Å². The Morgan fingerprint density at radius 2 is 2.27 bits per heavy atom. The molecule has 0 bridgehead atoms. The molecule has 0 unspecified atom stereocenters. The van der Waals surface area contributed by atoms with Crippen molar-refractivity contribution < 1.29 is 9.90 Å². The molecule has 1 heterocycles. The van der Waals surface area contributed by atoms with E-state index < -0.39 is 5.97 Å². The van der Waals surface area contributed by atoms with Crippen LogP contribution >= 0.6 is 38.9 Å². The normalized spacial score (nSPS) is 10.8. The highest BCUT2D eigenvalue weighted by Gasteiger charge is 2.11. The van der Waals surface area contributed by atoms with Crippen LogP contribution in [-0.4, -0.2) is 11.1 Å². The highest BCUT2D eigenvalue weighted by Crippen LogP contribution is 2.36. The molecule has 0 spiro atoms. The summed E-state index contributed by atoms with van der Waals surface area (Å²) in [6.07, 6.45) is 0. The predicted octanol–water partition coefficient (Wildman–Crippen LogP) is 4.15. The summed E-state index contributed by atoms with van der Waals surface area (Å²) >= 11 is 11.0. The van der Waals surface area contributed by atoms with Crippen LogP contribution in [0.1, 0.15) is 15.2 Å². The maximum atomic E-state index is 10.8. The van der Waals surface area contributed by atoms with Gasteiger partial charge in [-0.25, -0.2) is 4.79 Å². The molecule has 78 valence electrons. The second-order valence-corrected chi connectivity index (χ2v) is 5.06. The highest BCUT2D eigenvalue weighted by molar-refractivity contribution is 9.08. The SMILES string of the molecule is O=C(O)c1ccc2sc(CBr)c(Cl)c2c1. The van der Waals surface area contributed by atoms with Gasteiger partial charge in [-0.2, -0.15) is 0 Å². The first-order chi connectivity index (χ1) is 7.13. The Balaban J connectivity index is 2.70. The summed E-state index contributed by atoms with van der Waals surface area (Å²) in [5.74, 6) is -0.931. The van der Waals surface area contributed by atoms with Crippen molar-refractivity contribution in [2.24, 2.45) is 0 Å². The van der Waals surface area contributed by atoms with E-state index in [0.717, 1.165) is 15.0 Å². The number of halogens is 2. The van der Waals surface area contributed by atoms with Crippen LogP contribution in [0.2, 0.25) is 5.02 Å². The number of hydrogen-bond donors (Lipinski definition) is 1. The van der Waals surface area contributed by atoms with Crippen LogP contribution in [0.3, 0.4) is 0 Å². The Morgan fingerprint density at radius 1 is 1.53 bits per heavy atom. The van der Waals surface area contributed by atoms with E-state index >= 15 is 0 Å². The van der Waals surface area contributed by atoms with Crippen LogP contribution in [0, 0.1) is 0 Å². The van der Waals surface area contributed by atoms with E-state index in [9.17, 15) is 4.79 Å². The van der Waals surface area contributed by atoms with E-state index in [0.29, 0.717) is 10.4 Å². The summed E-state index contributed by atoms with van der Waals surface area (Å²) in [6.45, 7) is 0. The number of thiophene rings is 1. The minimum Gasteiger partial charge on any atom is -0.478 e. The fourth-order valence-electron chi connectivity index (χ4n) is 1.34. The molecule has 0 amide bonds. The lowest BCUT2D eigenvalue weighted by Crippen LogP contribution is -1.94. The van der Waals surface area contributed by atoms with Crippen molar-refractivity contribution in [1.82, 2.24) is 0 Å². The largest absolute Gasteiger partial charge is 0.478 e. The van der Waals surface area contributed by atoms with Crippen LogP contribution in [0.5, 0.6) is 0 Å². The molecule has 0 atom stereocenters. The third kappa shape index (κ3) is 1.89. The number of aromatic carboxylic acids is 1. The van der Waals surface area contributed by atoms with Gasteiger partial charge in [0.15, 0.2) is 0 Å². The molecule has 0 saturated carbocycles. The van der Waals surface area contributed by atoms with Gasteiger partial charge >= 0.3 is 5.97 Å². The lowest BCUT2D eigenvalue weighted by Gasteiger charge is -1.94. The van der Waals surface area contributed by atoms with Crippen LogP contribution < -0.4 is 0 Å². The van der Waals surface area contributed by atoms with E-state index in [1.54, 1.807) is 29.5 Å². The third-order valence-corrected chi connectivity index (χ3v) is 4.71. The molecule has 0 fully saturated rings. The van der Waals surface area contributed by atoms with Crippen molar-refractivity contribution >= 4 is 54.9 Å². The van der Waals surface area contributed by atoms with Gasteiger partial charge in [-0.3, -0.25) is 0 Å². The number of carboxylic acid groups (broad SMARTS) is 1. The quantitative estimate of drug-likeness (QED) is 0.846. The molecule has 0 saturated heterocycles. The molecule has 2 rings (SSSR count). The Bertz CT molecular complexity index is 535. The maximum absolute atomic E-state index is 10.8. The number of rotatable bonds is 2. The smallest absolute Gasteiger partial charge is 0.335 e. The van der Waals surface area contributed by atoms with Gasteiger partial charge < -0.3 is 5.11 Å². The van der Waals surface area contributed by atoms with Gasteiger partial charge in [0, 0.05) is 20.3 Å². The first-order valence-corrected chi connectivity index (χ1v) is 6.45. The van der Waals surface area contributed by atoms with Crippen molar-refractivity contribution in [3.8, 4) is 0 Å². The van der Waals surface area contributed by atoms with Gasteiger partial charge in [0.25, 0.3) is 0 Å². The van der Waals surface area contributed by atoms with Crippen LogP contribution in [0.15, 0.2) is 18.2 Å². The summed E-state index contributed by atoms with van der Waals surface area (Å²) in [6, 6.07) is 5.00. The summed E-state index contributed by atoms with van der Waals surface area (Å²) in [5.41, 5.74) is 0.267. The number of carboxylic acids is 1. The zero-order valence-corrected chi connectivity index (χ0v) is 10.6. The van der Waals surface area contributed by atoms with Crippen LogP contribution in [-0.2, 0) is 5.33 Å². The summed E-state index contributed by atoms with van der Waals surface area (Å²) in [4.78, 5) is 11.8. The average Bonchev–Trinajstić information content (AvgIpc) is 2.55. The lowest BCUT2D eigenvalue weighted by atomic mass is 10.1. The van der Waals surface area contributed by atoms with E-state index in [1.165, 1.54) is 0 Å². The third-order valence-electron chi connectivity index (χ3n) is 2.06. The Morgan fingerprint density at radius 3 is 2.87 bits per heavy atom. The average molecular weight is 306 g/mol. The molecule has 1 aromatic carbocycles. The lowest BCUT2D eigenvalue weighted by molar-refractivity contribution is 0.0697. The highest BCUT2D eigenvalue weighted by atomic mass is 79.9. The van der Waals surface area contributed by atoms with Gasteiger partial charge in [-0.15, -0.1) is 11.3 Å². The molecule has 1 N–H and O–H groups in total. The Kier molecular flexibility index (Phi) is 3.00. The summed E-state index contributed by atoms with van der Waals surface area (Å²) in [7, 11) is 0. The molecule has 0 aliphatic heterocycles. The number of alkyl halides is 1. The van der Waals surface area contributed by atoms with Crippen LogP contribution in [0.25, 0.3) is 10.1 Å². The van der Waals surface area contributed by atoms with E-state index in [4.69, 9.17) is 16.7 Å². The summed E-state index contributed by atoms with van der Waals surface area (Å²) in [5, 5.41) is 11.0. The van der Waals surface area contributed by atoms with Crippen molar-refractivity contribution in [3.63, 3.8) is 0 Å².